The van der Waals surface area contributed by atoms with Crippen molar-refractivity contribution in [3.8, 4) is 0 Å². The number of rotatable bonds is 4. The summed E-state index contributed by atoms with van der Waals surface area (Å²) >= 11 is 0. The molecule has 9 heteroatoms. The third kappa shape index (κ3) is 4.73. The van der Waals surface area contributed by atoms with E-state index >= 15 is 0 Å². The van der Waals surface area contributed by atoms with Gasteiger partial charge in [0.05, 0.1) is 5.92 Å². The Morgan fingerprint density at radius 1 is 1.03 bits per heavy atom. The van der Waals surface area contributed by atoms with Crippen LogP contribution in [0.1, 0.15) is 37.2 Å². The van der Waals surface area contributed by atoms with Crippen molar-refractivity contribution < 1.29 is 24.3 Å². The van der Waals surface area contributed by atoms with Crippen molar-refractivity contribution in [2.75, 3.05) is 39.8 Å². The van der Waals surface area contributed by atoms with Gasteiger partial charge in [0.1, 0.15) is 12.1 Å². The number of ether oxygens (including phenoxy) is 1. The summed E-state index contributed by atoms with van der Waals surface area (Å²) in [4.78, 5) is 43.7. The minimum atomic E-state index is -0.807. The molecule has 9 nitrogen and oxygen atoms in total. The number of amides is 3. The van der Waals surface area contributed by atoms with E-state index in [4.69, 9.17) is 4.74 Å². The first-order chi connectivity index (χ1) is 15.5. The standard InChI is InChI=1S/C23H32N4O5/c1-25-15-18(32-23(30)26-10-5-6-11-26)13-19(21(28)24-31)20(25)22(29)27-12-9-17(14-27)16-7-3-2-4-8-16/h2-4,7-8,17-20,31H,5-6,9-15H2,1H3,(H,24,28). The number of carbonyl (C=O) groups is 3. The Kier molecular flexibility index (Phi) is 6.95. The van der Waals surface area contributed by atoms with E-state index in [1.807, 2.05) is 23.1 Å². The number of carbonyl (C=O) groups excluding carboxylic acids is 3. The maximum Gasteiger partial charge on any atom is 0.410 e. The van der Waals surface area contributed by atoms with Gasteiger partial charge in [-0.3, -0.25) is 19.7 Å². The normalized spacial score (nSPS) is 28.6. The first-order valence-corrected chi connectivity index (χ1v) is 11.4. The van der Waals surface area contributed by atoms with Crippen molar-refractivity contribution in [3.63, 3.8) is 0 Å². The van der Waals surface area contributed by atoms with Gasteiger partial charge in [-0.15, -0.1) is 0 Å². The third-order valence-electron chi connectivity index (χ3n) is 6.97. The maximum atomic E-state index is 13.5. The molecule has 0 radical (unpaired) electrons. The van der Waals surface area contributed by atoms with Gasteiger partial charge in [-0.2, -0.15) is 0 Å². The number of likely N-dealkylation sites (tertiary alicyclic amines) is 3. The fraction of sp³-hybridized carbons (Fsp3) is 0.609. The summed E-state index contributed by atoms with van der Waals surface area (Å²) in [5.41, 5.74) is 2.91. The van der Waals surface area contributed by atoms with Gasteiger partial charge in [0.25, 0.3) is 0 Å². The molecule has 3 amide bonds. The molecular formula is C23H32N4O5. The lowest BCUT2D eigenvalue weighted by Crippen LogP contribution is -2.60. The molecule has 3 fully saturated rings. The molecule has 4 rings (SSSR count). The van der Waals surface area contributed by atoms with E-state index in [0.717, 1.165) is 19.3 Å². The maximum absolute atomic E-state index is 13.5. The first-order valence-electron chi connectivity index (χ1n) is 11.4. The van der Waals surface area contributed by atoms with Gasteiger partial charge in [-0.25, -0.2) is 10.3 Å². The van der Waals surface area contributed by atoms with Crippen molar-refractivity contribution in [3.05, 3.63) is 35.9 Å². The van der Waals surface area contributed by atoms with E-state index in [2.05, 4.69) is 12.1 Å². The fourth-order valence-electron chi connectivity index (χ4n) is 5.27. The topological polar surface area (TPSA) is 102 Å². The van der Waals surface area contributed by atoms with Crippen LogP contribution in [0, 0.1) is 5.92 Å². The van der Waals surface area contributed by atoms with Crippen molar-refractivity contribution in [1.82, 2.24) is 20.2 Å². The average Bonchev–Trinajstić information content (AvgIpc) is 3.51. The largest absolute Gasteiger partial charge is 0.445 e. The molecule has 0 saturated carbocycles. The highest BCUT2D eigenvalue weighted by molar-refractivity contribution is 5.90. The Labute approximate surface area is 188 Å². The molecule has 3 saturated heterocycles. The molecule has 1 aromatic carbocycles. The van der Waals surface area contributed by atoms with Crippen LogP contribution in [-0.4, -0.2) is 89.7 Å². The van der Waals surface area contributed by atoms with Crippen LogP contribution < -0.4 is 5.48 Å². The lowest BCUT2D eigenvalue weighted by atomic mass is 9.86. The van der Waals surface area contributed by atoms with Gasteiger partial charge in [-0.05, 0) is 38.3 Å². The van der Waals surface area contributed by atoms with E-state index < -0.39 is 24.0 Å². The molecule has 174 valence electrons. The minimum absolute atomic E-state index is 0.121. The van der Waals surface area contributed by atoms with Crippen LogP contribution in [0.3, 0.4) is 0 Å². The van der Waals surface area contributed by atoms with Gasteiger partial charge in [-0.1, -0.05) is 30.3 Å². The Morgan fingerprint density at radius 2 is 1.75 bits per heavy atom. The number of nitrogens with zero attached hydrogens (tertiary/aromatic N) is 3. The Bertz CT molecular complexity index is 829. The van der Waals surface area contributed by atoms with E-state index in [1.165, 1.54) is 5.56 Å². The summed E-state index contributed by atoms with van der Waals surface area (Å²) in [6.07, 6.45) is 2.10. The molecule has 0 aliphatic carbocycles. The second-order valence-corrected chi connectivity index (χ2v) is 9.08. The van der Waals surface area contributed by atoms with E-state index in [1.54, 1.807) is 22.3 Å². The highest BCUT2D eigenvalue weighted by Crippen LogP contribution is 2.31. The number of hydrogen-bond donors (Lipinski definition) is 2. The molecule has 1 aromatic rings. The number of hydrogen-bond acceptors (Lipinski definition) is 6. The predicted molar refractivity (Wildman–Crippen MR) is 116 cm³/mol. The molecule has 4 atom stereocenters. The Morgan fingerprint density at radius 3 is 2.44 bits per heavy atom. The Balaban J connectivity index is 1.43. The Hall–Kier alpha value is -2.65. The number of benzene rings is 1. The van der Waals surface area contributed by atoms with Crippen LogP contribution in [0.15, 0.2) is 30.3 Å². The fourth-order valence-corrected chi connectivity index (χ4v) is 5.27. The first kappa shape index (κ1) is 22.5. The monoisotopic (exact) mass is 444 g/mol. The van der Waals surface area contributed by atoms with Gasteiger partial charge in [0, 0.05) is 38.6 Å². The molecule has 3 heterocycles. The number of likely N-dealkylation sites (N-methyl/N-ethyl adjacent to an activating group) is 1. The number of hydroxylamine groups is 1. The van der Waals surface area contributed by atoms with Gasteiger partial charge in [0.15, 0.2) is 0 Å². The minimum Gasteiger partial charge on any atom is -0.445 e. The SMILES string of the molecule is CN1CC(OC(=O)N2CCCC2)CC(C(=O)NO)C1C(=O)N1CCC(c2ccccc2)C1. The molecule has 0 bridgehead atoms. The summed E-state index contributed by atoms with van der Waals surface area (Å²) in [6, 6.07) is 9.42. The molecule has 2 N–H and O–H groups in total. The molecule has 0 aromatic heterocycles. The molecule has 3 aliphatic heterocycles. The molecular weight excluding hydrogens is 412 g/mol. The van der Waals surface area contributed by atoms with Crippen molar-refractivity contribution >= 4 is 17.9 Å². The summed E-state index contributed by atoms with van der Waals surface area (Å²) in [5, 5.41) is 9.31. The zero-order chi connectivity index (χ0) is 22.7. The average molecular weight is 445 g/mol. The van der Waals surface area contributed by atoms with Gasteiger partial charge < -0.3 is 14.5 Å². The second-order valence-electron chi connectivity index (χ2n) is 9.08. The quantitative estimate of drug-likeness (QED) is 0.538. The van der Waals surface area contributed by atoms with Gasteiger partial charge >= 0.3 is 6.09 Å². The summed E-state index contributed by atoms with van der Waals surface area (Å²) in [6.45, 7) is 2.96. The van der Waals surface area contributed by atoms with Crippen LogP contribution in [0.5, 0.6) is 0 Å². The predicted octanol–water partition coefficient (Wildman–Crippen LogP) is 1.43. The van der Waals surface area contributed by atoms with Crippen LogP contribution in [-0.2, 0) is 14.3 Å². The zero-order valence-corrected chi connectivity index (χ0v) is 18.5. The summed E-state index contributed by atoms with van der Waals surface area (Å²) in [5.74, 6) is -1.29. The highest BCUT2D eigenvalue weighted by Gasteiger charge is 2.46. The molecule has 0 spiro atoms. The molecule has 32 heavy (non-hydrogen) atoms. The smallest absolute Gasteiger partial charge is 0.410 e. The number of nitrogens with one attached hydrogen (secondary N) is 1. The van der Waals surface area contributed by atoms with E-state index in [-0.39, 0.29) is 24.3 Å². The van der Waals surface area contributed by atoms with E-state index in [9.17, 15) is 19.6 Å². The van der Waals surface area contributed by atoms with E-state index in [0.29, 0.717) is 32.7 Å². The lowest BCUT2D eigenvalue weighted by Gasteiger charge is -2.42. The van der Waals surface area contributed by atoms with Crippen molar-refractivity contribution in [1.29, 1.82) is 0 Å². The zero-order valence-electron chi connectivity index (χ0n) is 18.5. The highest BCUT2D eigenvalue weighted by atomic mass is 16.6. The molecule has 4 unspecified atom stereocenters. The summed E-state index contributed by atoms with van der Waals surface area (Å²) in [7, 11) is 1.76. The third-order valence-corrected chi connectivity index (χ3v) is 6.97. The molecule has 3 aliphatic rings. The second kappa shape index (κ2) is 9.87. The van der Waals surface area contributed by atoms with Crippen LogP contribution in [0.2, 0.25) is 0 Å². The number of piperidine rings is 1. The van der Waals surface area contributed by atoms with Crippen LogP contribution >= 0.6 is 0 Å². The summed E-state index contributed by atoms with van der Waals surface area (Å²) < 4.78 is 5.66. The van der Waals surface area contributed by atoms with Crippen LogP contribution in [0.25, 0.3) is 0 Å². The van der Waals surface area contributed by atoms with Gasteiger partial charge in [0.2, 0.25) is 11.8 Å². The van der Waals surface area contributed by atoms with Crippen molar-refractivity contribution in [2.24, 2.45) is 5.92 Å². The van der Waals surface area contributed by atoms with Crippen LogP contribution in [0.4, 0.5) is 4.79 Å². The lowest BCUT2D eigenvalue weighted by molar-refractivity contribution is -0.151. The van der Waals surface area contributed by atoms with Crippen molar-refractivity contribution in [2.45, 2.75) is 43.7 Å².